The Balaban J connectivity index is 1.46. The molecular weight excluding hydrogens is 368 g/mol. The van der Waals surface area contributed by atoms with E-state index in [4.69, 9.17) is 0 Å². The molecule has 1 atom stereocenters. The van der Waals surface area contributed by atoms with E-state index in [2.05, 4.69) is 35.2 Å². The highest BCUT2D eigenvalue weighted by Gasteiger charge is 2.26. The monoisotopic (exact) mass is 398 g/mol. The van der Waals surface area contributed by atoms with Crippen molar-refractivity contribution in [3.8, 4) is 0 Å². The molecule has 1 aromatic carbocycles. The maximum Gasteiger partial charge on any atom is 0.227 e. The van der Waals surface area contributed by atoms with Gasteiger partial charge in [0.1, 0.15) is 0 Å². The third-order valence-electron chi connectivity index (χ3n) is 5.56. The first-order valence-electron chi connectivity index (χ1n) is 10.1. The maximum atomic E-state index is 12.7. The third kappa shape index (κ3) is 5.76. The Labute approximate surface area is 172 Å². The van der Waals surface area contributed by atoms with Crippen molar-refractivity contribution in [1.29, 1.82) is 0 Å². The lowest BCUT2D eigenvalue weighted by atomic mass is 10.0. The molecule has 0 saturated carbocycles. The van der Waals surface area contributed by atoms with Gasteiger partial charge in [-0.15, -0.1) is 11.3 Å². The van der Waals surface area contributed by atoms with Crippen LogP contribution < -0.4 is 0 Å². The number of hydrogen-bond donors (Lipinski definition) is 0. The Morgan fingerprint density at radius 3 is 2.71 bits per heavy atom. The fourth-order valence-electron chi connectivity index (χ4n) is 3.86. The van der Waals surface area contributed by atoms with Gasteiger partial charge in [-0.3, -0.25) is 9.59 Å². The summed E-state index contributed by atoms with van der Waals surface area (Å²) in [7, 11) is 1.93. The summed E-state index contributed by atoms with van der Waals surface area (Å²) in [6, 6.07) is 12.8. The van der Waals surface area contributed by atoms with Gasteiger partial charge in [-0.25, -0.2) is 0 Å². The van der Waals surface area contributed by atoms with Gasteiger partial charge in [0.25, 0.3) is 0 Å². The van der Waals surface area contributed by atoms with Crippen LogP contribution in [0.4, 0.5) is 0 Å². The van der Waals surface area contributed by atoms with Gasteiger partial charge >= 0.3 is 0 Å². The normalized spacial score (nSPS) is 17.4. The molecule has 1 saturated heterocycles. The second-order valence-corrected chi connectivity index (χ2v) is 8.65. The SMILES string of the molecule is CC(=O)c1cc(CC(=O)N(C)C2CCCN(CCCc3ccccc3)C2)cs1. The molecule has 0 aliphatic carbocycles. The van der Waals surface area contributed by atoms with E-state index in [-0.39, 0.29) is 17.7 Å². The first kappa shape index (κ1) is 20.7. The molecule has 0 N–H and O–H groups in total. The molecule has 1 aliphatic rings. The average Bonchev–Trinajstić information content (AvgIpc) is 3.17. The zero-order valence-corrected chi connectivity index (χ0v) is 17.7. The number of likely N-dealkylation sites (tertiary alicyclic amines) is 1. The second kappa shape index (κ2) is 9.99. The number of benzene rings is 1. The summed E-state index contributed by atoms with van der Waals surface area (Å²) in [5.74, 6) is 0.208. The number of amides is 1. The minimum atomic E-state index is 0.0653. The van der Waals surface area contributed by atoms with E-state index in [0.717, 1.165) is 55.8 Å². The molecule has 2 aromatic rings. The van der Waals surface area contributed by atoms with Crippen LogP contribution in [0.15, 0.2) is 41.8 Å². The van der Waals surface area contributed by atoms with Crippen LogP contribution in [0, 0.1) is 0 Å². The van der Waals surface area contributed by atoms with Gasteiger partial charge in [0.2, 0.25) is 5.91 Å². The topological polar surface area (TPSA) is 40.6 Å². The van der Waals surface area contributed by atoms with Gasteiger partial charge < -0.3 is 9.80 Å². The number of hydrogen-bond acceptors (Lipinski definition) is 4. The Morgan fingerprint density at radius 1 is 1.21 bits per heavy atom. The van der Waals surface area contributed by atoms with Crippen LogP contribution in [0.5, 0.6) is 0 Å². The highest BCUT2D eigenvalue weighted by Crippen LogP contribution is 2.19. The van der Waals surface area contributed by atoms with E-state index >= 15 is 0 Å². The highest BCUT2D eigenvalue weighted by atomic mass is 32.1. The summed E-state index contributed by atoms with van der Waals surface area (Å²) in [5.41, 5.74) is 2.34. The van der Waals surface area contributed by atoms with Gasteiger partial charge in [0.05, 0.1) is 11.3 Å². The Morgan fingerprint density at radius 2 is 2.00 bits per heavy atom. The average molecular weight is 399 g/mol. The Kier molecular flexibility index (Phi) is 7.40. The molecule has 1 amide bonds. The van der Waals surface area contributed by atoms with Crippen molar-refractivity contribution in [3.63, 3.8) is 0 Å². The molecular formula is C23H30N2O2S. The summed E-state index contributed by atoms with van der Waals surface area (Å²) in [5, 5.41) is 1.93. The molecule has 1 unspecified atom stereocenters. The van der Waals surface area contributed by atoms with Crippen LogP contribution in [0.3, 0.4) is 0 Å². The predicted octanol–water partition coefficient (Wildman–Crippen LogP) is 4.05. The molecule has 0 bridgehead atoms. The number of thiophene rings is 1. The van der Waals surface area contributed by atoms with Crippen LogP contribution in [-0.4, -0.2) is 54.2 Å². The number of aryl methyl sites for hydroxylation is 1. The first-order chi connectivity index (χ1) is 13.5. The number of carbonyl (C=O) groups is 2. The van der Waals surface area contributed by atoms with Crippen LogP contribution in [0.1, 0.15) is 47.0 Å². The largest absolute Gasteiger partial charge is 0.341 e. The van der Waals surface area contributed by atoms with Gasteiger partial charge in [0, 0.05) is 19.6 Å². The number of nitrogens with zero attached hydrogens (tertiary/aromatic N) is 2. The van der Waals surface area contributed by atoms with E-state index in [1.807, 2.05) is 23.4 Å². The summed E-state index contributed by atoms with van der Waals surface area (Å²) in [6.07, 6.45) is 4.84. The minimum Gasteiger partial charge on any atom is -0.341 e. The summed E-state index contributed by atoms with van der Waals surface area (Å²) in [6.45, 7) is 4.73. The minimum absolute atomic E-state index is 0.0653. The number of ketones is 1. The van der Waals surface area contributed by atoms with Crippen molar-refractivity contribution in [1.82, 2.24) is 9.80 Å². The van der Waals surface area contributed by atoms with Crippen molar-refractivity contribution >= 4 is 23.0 Å². The quantitative estimate of drug-likeness (QED) is 0.630. The van der Waals surface area contributed by atoms with Gasteiger partial charge in [0.15, 0.2) is 5.78 Å². The number of rotatable bonds is 8. The molecule has 0 radical (unpaired) electrons. The van der Waals surface area contributed by atoms with Gasteiger partial charge in [-0.05, 0) is 68.3 Å². The fourth-order valence-corrected chi connectivity index (χ4v) is 4.67. The van der Waals surface area contributed by atoms with Crippen molar-refractivity contribution < 1.29 is 9.59 Å². The zero-order valence-electron chi connectivity index (χ0n) is 16.9. The summed E-state index contributed by atoms with van der Waals surface area (Å²) < 4.78 is 0. The van der Waals surface area contributed by atoms with Gasteiger partial charge in [-0.2, -0.15) is 0 Å². The summed E-state index contributed by atoms with van der Waals surface area (Å²) >= 11 is 1.43. The predicted molar refractivity (Wildman–Crippen MR) is 115 cm³/mol. The van der Waals surface area contributed by atoms with Crippen molar-refractivity contribution in [3.05, 3.63) is 57.8 Å². The Hall–Kier alpha value is -1.98. The first-order valence-corrected chi connectivity index (χ1v) is 11.0. The third-order valence-corrected chi connectivity index (χ3v) is 6.64. The molecule has 5 heteroatoms. The molecule has 2 heterocycles. The molecule has 0 spiro atoms. The second-order valence-electron chi connectivity index (χ2n) is 7.74. The van der Waals surface area contributed by atoms with Crippen LogP contribution in [0.25, 0.3) is 0 Å². The van der Waals surface area contributed by atoms with E-state index in [9.17, 15) is 9.59 Å². The summed E-state index contributed by atoms with van der Waals surface area (Å²) in [4.78, 5) is 29.3. The van der Waals surface area contributed by atoms with Crippen molar-refractivity contribution in [2.45, 2.75) is 45.1 Å². The van der Waals surface area contributed by atoms with E-state index in [0.29, 0.717) is 6.42 Å². The molecule has 28 heavy (non-hydrogen) atoms. The smallest absolute Gasteiger partial charge is 0.227 e. The molecule has 1 aromatic heterocycles. The molecule has 1 fully saturated rings. The van der Waals surface area contributed by atoms with Crippen LogP contribution in [0.2, 0.25) is 0 Å². The number of likely N-dealkylation sites (N-methyl/N-ethyl adjacent to an activating group) is 1. The molecule has 4 nitrogen and oxygen atoms in total. The number of Topliss-reactive ketones (excluding diaryl/α,β-unsaturated/α-hetero) is 1. The van der Waals surface area contributed by atoms with Gasteiger partial charge in [-0.1, -0.05) is 30.3 Å². The lowest BCUT2D eigenvalue weighted by molar-refractivity contribution is -0.132. The number of piperidine rings is 1. The van der Waals surface area contributed by atoms with Crippen molar-refractivity contribution in [2.75, 3.05) is 26.7 Å². The highest BCUT2D eigenvalue weighted by molar-refractivity contribution is 7.12. The van der Waals surface area contributed by atoms with E-state index < -0.39 is 0 Å². The van der Waals surface area contributed by atoms with E-state index in [1.54, 1.807) is 6.92 Å². The Bertz CT molecular complexity index is 787. The lowest BCUT2D eigenvalue weighted by Crippen LogP contribution is -2.49. The maximum absolute atomic E-state index is 12.7. The van der Waals surface area contributed by atoms with Crippen LogP contribution >= 0.6 is 11.3 Å². The van der Waals surface area contributed by atoms with Crippen molar-refractivity contribution in [2.24, 2.45) is 0 Å². The van der Waals surface area contributed by atoms with Crippen LogP contribution in [-0.2, 0) is 17.6 Å². The molecule has 1 aliphatic heterocycles. The standard InChI is InChI=1S/C23H30N2O2S/c1-18(26)22-14-20(17-28-22)15-23(27)24(2)21-11-7-13-25(16-21)12-6-10-19-8-4-3-5-9-19/h3-5,8-9,14,17,21H,6-7,10-13,15-16H2,1-2H3. The zero-order chi connectivity index (χ0) is 19.9. The lowest BCUT2D eigenvalue weighted by Gasteiger charge is -2.37. The molecule has 3 rings (SSSR count). The number of carbonyl (C=O) groups excluding carboxylic acids is 2. The fraction of sp³-hybridized carbons (Fsp3) is 0.478. The van der Waals surface area contributed by atoms with E-state index in [1.165, 1.54) is 16.9 Å². The molecule has 150 valence electrons.